The average Bonchev–Trinajstić information content (AvgIpc) is 2.50. The molecule has 6 heteroatoms. The molecule has 1 unspecified atom stereocenters. The molecule has 0 aliphatic carbocycles. The summed E-state index contributed by atoms with van der Waals surface area (Å²) in [6, 6.07) is 0. The Kier molecular flexibility index (Phi) is 3.93. The van der Waals surface area contributed by atoms with Crippen LogP contribution in [-0.2, 0) is 15.7 Å². The molecular weight excluding hydrogens is 260 g/mol. The SMILES string of the molecule is CC(O)Cc1cncc(B2OC(C)(C)C(C)(C)O2)c1F. The monoisotopic (exact) mass is 281 g/mol. The summed E-state index contributed by atoms with van der Waals surface area (Å²) < 4.78 is 26.1. The van der Waals surface area contributed by atoms with Crippen LogP contribution in [0.25, 0.3) is 0 Å². The van der Waals surface area contributed by atoms with Crippen molar-refractivity contribution >= 4 is 12.6 Å². The van der Waals surface area contributed by atoms with Crippen LogP contribution in [-0.4, -0.2) is 34.5 Å². The van der Waals surface area contributed by atoms with Crippen LogP contribution in [0, 0.1) is 5.82 Å². The Labute approximate surface area is 119 Å². The summed E-state index contributed by atoms with van der Waals surface area (Å²) in [5, 5.41) is 9.40. The molecule has 1 aliphatic rings. The maximum absolute atomic E-state index is 14.5. The first-order valence-electron chi connectivity index (χ1n) is 6.80. The number of pyridine rings is 1. The minimum absolute atomic E-state index is 0.214. The van der Waals surface area contributed by atoms with Gasteiger partial charge in [0.2, 0.25) is 0 Å². The van der Waals surface area contributed by atoms with Gasteiger partial charge in [0.25, 0.3) is 0 Å². The Bertz CT molecular complexity index is 489. The molecule has 20 heavy (non-hydrogen) atoms. The molecule has 1 aromatic rings. The van der Waals surface area contributed by atoms with Crippen LogP contribution in [0.2, 0.25) is 0 Å². The van der Waals surface area contributed by atoms with Gasteiger partial charge in [0.05, 0.1) is 17.3 Å². The van der Waals surface area contributed by atoms with Crippen molar-refractivity contribution in [1.29, 1.82) is 0 Å². The standard InChI is InChI=1S/C14H21BFNO3/c1-9(18)6-10-7-17-8-11(12(10)16)15-19-13(2,3)14(4,5)20-15/h7-9,18H,6H2,1-5H3. The molecule has 1 fully saturated rings. The number of hydrogen-bond donors (Lipinski definition) is 1. The third-order valence-electron chi connectivity index (χ3n) is 4.00. The molecule has 2 rings (SSSR count). The molecule has 1 atom stereocenters. The zero-order chi connectivity index (χ0) is 15.1. The van der Waals surface area contributed by atoms with Gasteiger partial charge in [-0.3, -0.25) is 4.98 Å². The second-order valence-corrected chi connectivity index (χ2v) is 6.34. The number of aromatic nitrogens is 1. The summed E-state index contributed by atoms with van der Waals surface area (Å²) in [5.41, 5.74) is -0.400. The van der Waals surface area contributed by atoms with E-state index in [-0.39, 0.29) is 11.9 Å². The smallest absolute Gasteiger partial charge is 0.399 e. The zero-order valence-corrected chi connectivity index (χ0v) is 12.6. The molecule has 1 aliphatic heterocycles. The lowest BCUT2D eigenvalue weighted by atomic mass is 9.79. The first-order chi connectivity index (χ1) is 9.14. The van der Waals surface area contributed by atoms with Crippen molar-refractivity contribution in [3.8, 4) is 0 Å². The van der Waals surface area contributed by atoms with Gasteiger partial charge in [0.1, 0.15) is 5.82 Å². The van der Waals surface area contributed by atoms with Crippen molar-refractivity contribution in [3.63, 3.8) is 0 Å². The number of aliphatic hydroxyl groups excluding tert-OH is 1. The molecule has 4 nitrogen and oxygen atoms in total. The maximum atomic E-state index is 14.5. The highest BCUT2D eigenvalue weighted by Gasteiger charge is 2.52. The molecule has 0 radical (unpaired) electrons. The normalized spacial score (nSPS) is 22.1. The fraction of sp³-hybridized carbons (Fsp3) is 0.643. The summed E-state index contributed by atoms with van der Waals surface area (Å²) in [5.74, 6) is -0.417. The van der Waals surface area contributed by atoms with Gasteiger partial charge in [0, 0.05) is 29.8 Å². The maximum Gasteiger partial charge on any atom is 0.499 e. The lowest BCUT2D eigenvalue weighted by molar-refractivity contribution is 0.00578. The molecule has 110 valence electrons. The Morgan fingerprint density at radius 2 is 1.80 bits per heavy atom. The van der Waals surface area contributed by atoms with Crippen LogP contribution in [0.3, 0.4) is 0 Å². The lowest BCUT2D eigenvalue weighted by Gasteiger charge is -2.32. The summed E-state index contributed by atoms with van der Waals surface area (Å²) in [4.78, 5) is 4.03. The van der Waals surface area contributed by atoms with Gasteiger partial charge in [-0.25, -0.2) is 4.39 Å². The Morgan fingerprint density at radius 3 is 2.30 bits per heavy atom. The van der Waals surface area contributed by atoms with E-state index in [0.29, 0.717) is 5.56 Å². The highest BCUT2D eigenvalue weighted by molar-refractivity contribution is 6.62. The average molecular weight is 281 g/mol. The Balaban J connectivity index is 2.31. The summed E-state index contributed by atoms with van der Waals surface area (Å²) in [6.07, 6.45) is 2.44. The van der Waals surface area contributed by atoms with Crippen molar-refractivity contribution in [2.75, 3.05) is 0 Å². The van der Waals surface area contributed by atoms with Gasteiger partial charge in [-0.2, -0.15) is 0 Å². The van der Waals surface area contributed by atoms with Gasteiger partial charge in [0.15, 0.2) is 0 Å². The number of rotatable bonds is 3. The predicted molar refractivity (Wildman–Crippen MR) is 75.3 cm³/mol. The van der Waals surface area contributed by atoms with E-state index in [4.69, 9.17) is 9.31 Å². The summed E-state index contributed by atoms with van der Waals surface area (Å²) in [7, 11) is -0.776. The molecular formula is C14H21BFNO3. The number of aliphatic hydroxyl groups is 1. The van der Waals surface area contributed by atoms with E-state index in [2.05, 4.69) is 4.98 Å². The highest BCUT2D eigenvalue weighted by Crippen LogP contribution is 2.36. The van der Waals surface area contributed by atoms with Gasteiger partial charge in [-0.05, 0) is 34.6 Å². The first-order valence-corrected chi connectivity index (χ1v) is 6.80. The Hall–Kier alpha value is -0.975. The first kappa shape index (κ1) is 15.4. The van der Waals surface area contributed by atoms with E-state index < -0.39 is 30.2 Å². The highest BCUT2D eigenvalue weighted by atomic mass is 19.1. The van der Waals surface area contributed by atoms with E-state index in [9.17, 15) is 9.50 Å². The molecule has 2 heterocycles. The van der Waals surface area contributed by atoms with Crippen LogP contribution in [0.4, 0.5) is 4.39 Å². The number of hydrogen-bond acceptors (Lipinski definition) is 4. The van der Waals surface area contributed by atoms with Crippen LogP contribution >= 0.6 is 0 Å². The number of halogens is 1. The third-order valence-corrected chi connectivity index (χ3v) is 4.00. The van der Waals surface area contributed by atoms with Crippen LogP contribution in [0.15, 0.2) is 12.4 Å². The fourth-order valence-corrected chi connectivity index (χ4v) is 2.10. The minimum Gasteiger partial charge on any atom is -0.399 e. The van der Waals surface area contributed by atoms with Crippen molar-refractivity contribution in [1.82, 2.24) is 4.98 Å². The second kappa shape index (κ2) is 5.09. The van der Waals surface area contributed by atoms with Crippen LogP contribution in [0.1, 0.15) is 40.2 Å². The molecule has 0 aromatic carbocycles. The van der Waals surface area contributed by atoms with Gasteiger partial charge < -0.3 is 14.4 Å². The van der Waals surface area contributed by atoms with Crippen molar-refractivity contribution in [3.05, 3.63) is 23.8 Å². The van der Waals surface area contributed by atoms with Crippen molar-refractivity contribution in [2.45, 2.75) is 58.3 Å². The fourth-order valence-electron chi connectivity index (χ4n) is 2.10. The Morgan fingerprint density at radius 1 is 1.25 bits per heavy atom. The van der Waals surface area contributed by atoms with E-state index in [0.717, 1.165) is 0 Å². The quantitative estimate of drug-likeness (QED) is 0.852. The predicted octanol–water partition coefficient (Wildman–Crippen LogP) is 1.44. The summed E-state index contributed by atoms with van der Waals surface area (Å²) >= 11 is 0. The van der Waals surface area contributed by atoms with Crippen LogP contribution in [0.5, 0.6) is 0 Å². The molecule has 1 N–H and O–H groups in total. The van der Waals surface area contributed by atoms with Gasteiger partial charge >= 0.3 is 7.12 Å². The van der Waals surface area contributed by atoms with Crippen molar-refractivity contribution in [2.24, 2.45) is 0 Å². The topological polar surface area (TPSA) is 51.6 Å². The van der Waals surface area contributed by atoms with Gasteiger partial charge in [-0.15, -0.1) is 0 Å². The minimum atomic E-state index is -0.776. The molecule has 0 bridgehead atoms. The second-order valence-electron chi connectivity index (χ2n) is 6.34. The van der Waals surface area contributed by atoms with E-state index in [1.54, 1.807) is 6.92 Å². The molecule has 0 saturated carbocycles. The molecule has 1 saturated heterocycles. The lowest BCUT2D eigenvalue weighted by Crippen LogP contribution is -2.41. The third kappa shape index (κ3) is 2.73. The van der Waals surface area contributed by atoms with E-state index in [1.807, 2.05) is 27.7 Å². The van der Waals surface area contributed by atoms with Gasteiger partial charge in [-0.1, -0.05) is 0 Å². The summed E-state index contributed by atoms with van der Waals surface area (Å²) in [6.45, 7) is 9.27. The van der Waals surface area contributed by atoms with Crippen molar-refractivity contribution < 1.29 is 18.8 Å². The van der Waals surface area contributed by atoms with E-state index in [1.165, 1.54) is 12.4 Å². The molecule has 1 aromatic heterocycles. The number of nitrogens with zero attached hydrogens (tertiary/aromatic N) is 1. The molecule has 0 amide bonds. The molecule has 0 spiro atoms. The van der Waals surface area contributed by atoms with Crippen LogP contribution < -0.4 is 5.46 Å². The zero-order valence-electron chi connectivity index (χ0n) is 12.6. The van der Waals surface area contributed by atoms with E-state index >= 15 is 0 Å². The largest absolute Gasteiger partial charge is 0.499 e.